The predicted octanol–water partition coefficient (Wildman–Crippen LogP) is 30.5. The van der Waals surface area contributed by atoms with E-state index in [0.717, 1.165) is 61.6 Å². The Balaban J connectivity index is 0.632. The second-order valence-electron chi connectivity index (χ2n) is 28.5. The number of rotatable bonds is 11. The Bertz CT molecular complexity index is 7250. The number of nitrogens with zero attached hydrogens (tertiary/aromatic N) is 2. The maximum atomic E-state index is 6.54. The van der Waals surface area contributed by atoms with Gasteiger partial charge >= 0.3 is 0 Å². The van der Waals surface area contributed by atoms with Gasteiger partial charge in [0.1, 0.15) is 11.2 Å². The van der Waals surface area contributed by atoms with Crippen LogP contribution < -0.4 is 9.80 Å². The van der Waals surface area contributed by atoms with E-state index < -0.39 is 0 Å². The standard InChI is InChI=1S/C104H64N2OS/c1-4-19-78-65(16-1)44-58-91-81(24-11-28-87(78)91)68-36-49-74(50-37-68)105(97-32-15-34-100-103(97)95-22-7-9-33-99(95)107-100)75-51-38-69(39-52-75)84-27-14-31-90-85-57-47-73(64-72(85)48-61-94(84)90)86-62-63-98(104-102(86)96-23-8-10-35-101(96)108-104)106(76-53-40-70(41-54-76)82-25-12-29-88-79-20-5-2-17-66(79)45-59-92(82)88)77-55-42-71(43-56-77)83-26-13-30-89-80-21-6-3-18-67(80)46-60-93(83)89/h1-64H. The predicted molar refractivity (Wildman–Crippen MR) is 463 cm³/mol. The van der Waals surface area contributed by atoms with Crippen LogP contribution in [0.25, 0.3) is 184 Å². The van der Waals surface area contributed by atoms with Gasteiger partial charge in [-0.2, -0.15) is 0 Å². The molecule has 22 aromatic rings. The number of anilines is 6. The minimum atomic E-state index is 0.855. The molecular weight excluding hydrogens is 1330 g/mol. The van der Waals surface area contributed by atoms with Crippen LogP contribution in [0.3, 0.4) is 0 Å². The fraction of sp³-hybridized carbons (Fsp3) is 0. The average molecular weight is 1390 g/mol. The molecule has 0 aliphatic rings. The first kappa shape index (κ1) is 61.6. The molecule has 0 fully saturated rings. The van der Waals surface area contributed by atoms with Gasteiger partial charge in [-0.05, 0) is 227 Å². The zero-order chi connectivity index (χ0) is 70.9. The van der Waals surface area contributed by atoms with Gasteiger partial charge < -0.3 is 14.2 Å². The summed E-state index contributed by atoms with van der Waals surface area (Å²) in [5.41, 5.74) is 20.1. The summed E-state index contributed by atoms with van der Waals surface area (Å²) >= 11 is 1.88. The molecule has 0 N–H and O–H groups in total. The third-order valence-corrected chi connectivity index (χ3v) is 23.9. The van der Waals surface area contributed by atoms with Crippen LogP contribution in [0.15, 0.2) is 393 Å². The van der Waals surface area contributed by atoms with E-state index in [-0.39, 0.29) is 0 Å². The Labute approximate surface area is 627 Å². The minimum Gasteiger partial charge on any atom is -0.456 e. The molecule has 0 spiro atoms. The van der Waals surface area contributed by atoms with Gasteiger partial charge in [-0.15, -0.1) is 11.3 Å². The van der Waals surface area contributed by atoms with Gasteiger partial charge in [-0.3, -0.25) is 0 Å². The second-order valence-corrected chi connectivity index (χ2v) is 29.6. The lowest BCUT2D eigenvalue weighted by molar-refractivity contribution is 0.669. The van der Waals surface area contributed by atoms with Gasteiger partial charge in [0.2, 0.25) is 0 Å². The van der Waals surface area contributed by atoms with Crippen molar-refractivity contribution in [2.45, 2.75) is 0 Å². The number of hydrogen-bond donors (Lipinski definition) is 0. The van der Waals surface area contributed by atoms with Crippen molar-refractivity contribution in [3.8, 4) is 55.6 Å². The summed E-state index contributed by atoms with van der Waals surface area (Å²) in [5.74, 6) is 0. The van der Waals surface area contributed by atoms with E-state index in [9.17, 15) is 0 Å². The highest BCUT2D eigenvalue weighted by molar-refractivity contribution is 7.26. The summed E-state index contributed by atoms with van der Waals surface area (Å²) < 4.78 is 9.02. The van der Waals surface area contributed by atoms with Crippen LogP contribution in [-0.2, 0) is 0 Å². The van der Waals surface area contributed by atoms with Crippen molar-refractivity contribution < 1.29 is 4.42 Å². The summed E-state index contributed by atoms with van der Waals surface area (Å²) in [6, 6.07) is 144. The molecule has 0 bridgehead atoms. The molecular formula is C104H64N2OS. The molecule has 0 radical (unpaired) electrons. The molecule has 2 aromatic heterocycles. The van der Waals surface area contributed by atoms with Crippen molar-refractivity contribution in [2.75, 3.05) is 9.80 Å². The van der Waals surface area contributed by atoms with Crippen molar-refractivity contribution in [1.82, 2.24) is 0 Å². The van der Waals surface area contributed by atoms with E-state index in [1.54, 1.807) is 0 Å². The number of thiophene rings is 1. The van der Waals surface area contributed by atoms with Crippen LogP contribution in [0.4, 0.5) is 34.1 Å². The maximum Gasteiger partial charge on any atom is 0.137 e. The molecule has 0 amide bonds. The Morgan fingerprint density at radius 1 is 0.194 bits per heavy atom. The molecule has 0 saturated carbocycles. The number of furan rings is 1. The van der Waals surface area contributed by atoms with Crippen molar-refractivity contribution in [2.24, 2.45) is 0 Å². The molecule has 0 atom stereocenters. The Hall–Kier alpha value is -13.9. The zero-order valence-electron chi connectivity index (χ0n) is 58.7. The molecule has 3 nitrogen and oxygen atoms in total. The van der Waals surface area contributed by atoms with E-state index in [0.29, 0.717) is 0 Å². The van der Waals surface area contributed by atoms with E-state index >= 15 is 0 Å². The van der Waals surface area contributed by atoms with Crippen molar-refractivity contribution in [3.05, 3.63) is 388 Å². The molecule has 0 saturated heterocycles. The topological polar surface area (TPSA) is 19.6 Å². The molecule has 22 rings (SSSR count). The monoisotopic (exact) mass is 1390 g/mol. The molecule has 20 aromatic carbocycles. The summed E-state index contributed by atoms with van der Waals surface area (Å²) in [7, 11) is 0. The number of para-hydroxylation sites is 1. The Morgan fingerprint density at radius 2 is 0.546 bits per heavy atom. The van der Waals surface area contributed by atoms with Crippen LogP contribution in [-0.4, -0.2) is 0 Å². The number of fused-ring (bicyclic) bond motifs is 18. The van der Waals surface area contributed by atoms with Gasteiger partial charge in [0.05, 0.1) is 21.5 Å². The first-order valence-corrected chi connectivity index (χ1v) is 37.9. The average Bonchev–Trinajstić information content (AvgIpc) is 1.48. The summed E-state index contributed by atoms with van der Waals surface area (Å²) in [6.07, 6.45) is 0. The third-order valence-electron chi connectivity index (χ3n) is 22.7. The van der Waals surface area contributed by atoms with Gasteiger partial charge in [0, 0.05) is 43.6 Å². The largest absolute Gasteiger partial charge is 0.456 e. The lowest BCUT2D eigenvalue weighted by atomic mass is 9.92. The maximum absolute atomic E-state index is 6.54. The SMILES string of the molecule is c1ccc2c(c1)ccc1c(-c3ccc(N(c4ccc(-c5cccc6c5ccc5ccccc56)cc4)c4ccc(-c5ccc6c(ccc7c(-c8ccc(N(c9ccc(-c%10cccc%11c%10ccc%10ccccc%10%11)cc9)c9cccc%10oc%11ccccc%11c9%10)cc8)cccc76)c5)c5c4sc4ccccc45)cc3)cccc12. The first-order valence-electron chi connectivity index (χ1n) is 37.1. The van der Waals surface area contributed by atoms with Crippen molar-refractivity contribution in [3.63, 3.8) is 0 Å². The van der Waals surface area contributed by atoms with Crippen LogP contribution in [0, 0.1) is 0 Å². The number of hydrogen-bond acceptors (Lipinski definition) is 4. The lowest BCUT2D eigenvalue weighted by Crippen LogP contribution is -2.10. The lowest BCUT2D eigenvalue weighted by Gasteiger charge is -2.27. The fourth-order valence-electron chi connectivity index (χ4n) is 17.6. The van der Waals surface area contributed by atoms with Gasteiger partial charge in [-0.25, -0.2) is 0 Å². The van der Waals surface area contributed by atoms with E-state index in [1.165, 1.54) is 156 Å². The van der Waals surface area contributed by atoms with Crippen molar-refractivity contribution in [1.29, 1.82) is 0 Å². The highest BCUT2D eigenvalue weighted by Gasteiger charge is 2.25. The third kappa shape index (κ3) is 9.95. The van der Waals surface area contributed by atoms with Gasteiger partial charge in [-0.1, -0.05) is 303 Å². The molecule has 0 aliphatic carbocycles. The van der Waals surface area contributed by atoms with Crippen LogP contribution >= 0.6 is 11.3 Å². The van der Waals surface area contributed by atoms with Gasteiger partial charge in [0.15, 0.2) is 0 Å². The molecule has 2 heterocycles. The van der Waals surface area contributed by atoms with E-state index in [4.69, 9.17) is 4.42 Å². The van der Waals surface area contributed by atoms with E-state index in [2.05, 4.69) is 392 Å². The highest BCUT2D eigenvalue weighted by atomic mass is 32.1. The quantitative estimate of drug-likeness (QED) is 0.120. The van der Waals surface area contributed by atoms with Crippen molar-refractivity contribution >= 4 is 174 Å². The fourth-order valence-corrected chi connectivity index (χ4v) is 18.8. The Kier molecular flexibility index (Phi) is 14.2. The summed E-state index contributed by atoms with van der Waals surface area (Å²) in [4.78, 5) is 4.87. The number of benzene rings is 20. The van der Waals surface area contributed by atoms with Gasteiger partial charge in [0.25, 0.3) is 0 Å². The minimum absolute atomic E-state index is 0.855. The second kappa shape index (κ2) is 24.9. The molecule has 502 valence electrons. The molecule has 0 aliphatic heterocycles. The van der Waals surface area contributed by atoms with Crippen LogP contribution in [0.5, 0.6) is 0 Å². The summed E-state index contributed by atoms with van der Waals surface area (Å²) in [5, 5.41) is 24.6. The van der Waals surface area contributed by atoms with Crippen LogP contribution in [0.2, 0.25) is 0 Å². The molecule has 4 heteroatoms. The zero-order valence-corrected chi connectivity index (χ0v) is 59.5. The van der Waals surface area contributed by atoms with E-state index in [1.807, 2.05) is 17.4 Å². The normalized spacial score (nSPS) is 11.9. The molecule has 108 heavy (non-hydrogen) atoms. The van der Waals surface area contributed by atoms with Crippen LogP contribution in [0.1, 0.15) is 0 Å². The Morgan fingerprint density at radius 3 is 1.02 bits per heavy atom. The smallest absolute Gasteiger partial charge is 0.137 e. The highest BCUT2D eigenvalue weighted by Crippen LogP contribution is 2.51. The summed E-state index contributed by atoms with van der Waals surface area (Å²) in [6.45, 7) is 0. The molecule has 0 unspecified atom stereocenters. The first-order chi connectivity index (χ1) is 53.5.